The van der Waals surface area contributed by atoms with E-state index in [1.54, 1.807) is 0 Å². The summed E-state index contributed by atoms with van der Waals surface area (Å²) in [5.74, 6) is -0.0311. The molecule has 0 spiro atoms. The van der Waals surface area contributed by atoms with Crippen molar-refractivity contribution in [1.82, 2.24) is 5.32 Å². The van der Waals surface area contributed by atoms with Crippen LogP contribution in [0, 0.1) is 0 Å². The molecule has 0 aromatic carbocycles. The minimum absolute atomic E-state index is 0.0311. The minimum atomic E-state index is -0.650. The molecule has 0 aliphatic carbocycles. The maximum Gasteiger partial charge on any atom is 0.220 e. The van der Waals surface area contributed by atoms with E-state index in [-0.39, 0.29) is 12.5 Å². The van der Waals surface area contributed by atoms with Gasteiger partial charge in [0.15, 0.2) is 0 Å². The average Bonchev–Trinajstić information content (AvgIpc) is 2.96. The van der Waals surface area contributed by atoms with Gasteiger partial charge in [-0.15, -0.1) is 0 Å². The molecule has 0 rings (SSSR count). The molecule has 0 radical (unpaired) electrons. The van der Waals surface area contributed by atoms with Crippen molar-refractivity contribution >= 4 is 5.91 Å². The topological polar surface area (TPSA) is 69.6 Å². The number of carbonyl (C=O) groups is 1. The molecule has 0 heterocycles. The zero-order chi connectivity index (χ0) is 29.4. The van der Waals surface area contributed by atoms with Crippen LogP contribution in [0.2, 0.25) is 0 Å². The first-order valence-electron chi connectivity index (χ1n) is 18.2. The number of amides is 1. The highest BCUT2D eigenvalue weighted by Gasteiger charge is 2.19. The third-order valence-corrected chi connectivity index (χ3v) is 8.62. The molecule has 240 valence electrons. The SMILES string of the molecule is CCCCCCCCCCCCCCCCCCC[C@@H](O)[C@H](CO)NC(=O)CCCCCCCCCCCCC. The van der Waals surface area contributed by atoms with Crippen LogP contribution in [-0.2, 0) is 4.79 Å². The van der Waals surface area contributed by atoms with Gasteiger partial charge in [0.25, 0.3) is 0 Å². The zero-order valence-corrected chi connectivity index (χ0v) is 27.4. The van der Waals surface area contributed by atoms with E-state index in [0.717, 1.165) is 25.7 Å². The smallest absolute Gasteiger partial charge is 0.220 e. The molecule has 3 N–H and O–H groups in total. The van der Waals surface area contributed by atoms with Crippen LogP contribution in [0.4, 0.5) is 0 Å². The number of hydrogen-bond acceptors (Lipinski definition) is 3. The lowest BCUT2D eigenvalue weighted by molar-refractivity contribution is -0.123. The molecule has 0 unspecified atom stereocenters. The van der Waals surface area contributed by atoms with E-state index in [1.807, 2.05) is 0 Å². The molecule has 0 aliphatic rings. The second-order valence-corrected chi connectivity index (χ2v) is 12.7. The molecule has 4 heteroatoms. The normalized spacial score (nSPS) is 13.0. The van der Waals surface area contributed by atoms with Crippen molar-refractivity contribution < 1.29 is 15.0 Å². The molecule has 0 saturated heterocycles. The highest BCUT2D eigenvalue weighted by molar-refractivity contribution is 5.76. The van der Waals surface area contributed by atoms with E-state index < -0.39 is 12.1 Å². The molecular weight excluding hydrogens is 494 g/mol. The summed E-state index contributed by atoms with van der Waals surface area (Å²) in [6, 6.07) is -0.527. The lowest BCUT2D eigenvalue weighted by Gasteiger charge is -2.22. The Morgan fingerprint density at radius 1 is 0.500 bits per heavy atom. The first-order chi connectivity index (χ1) is 19.7. The van der Waals surface area contributed by atoms with Gasteiger partial charge in [0, 0.05) is 6.42 Å². The Balaban J connectivity index is 3.51. The van der Waals surface area contributed by atoms with Gasteiger partial charge in [-0.3, -0.25) is 4.79 Å². The molecule has 0 fully saturated rings. The van der Waals surface area contributed by atoms with Crippen LogP contribution in [0.5, 0.6) is 0 Å². The van der Waals surface area contributed by atoms with E-state index in [0.29, 0.717) is 12.8 Å². The molecule has 40 heavy (non-hydrogen) atoms. The fourth-order valence-corrected chi connectivity index (χ4v) is 5.77. The Kier molecular flexibility index (Phi) is 32.4. The molecule has 1 amide bonds. The first-order valence-corrected chi connectivity index (χ1v) is 18.2. The van der Waals surface area contributed by atoms with Crippen molar-refractivity contribution in [2.45, 2.75) is 219 Å². The molecule has 0 aliphatic heterocycles. The fourth-order valence-electron chi connectivity index (χ4n) is 5.77. The zero-order valence-electron chi connectivity index (χ0n) is 27.4. The number of unbranched alkanes of at least 4 members (excludes halogenated alkanes) is 26. The van der Waals surface area contributed by atoms with Gasteiger partial charge in [0.2, 0.25) is 5.91 Å². The van der Waals surface area contributed by atoms with Crippen LogP contribution in [0.25, 0.3) is 0 Å². The summed E-state index contributed by atoms with van der Waals surface area (Å²) in [5, 5.41) is 23.0. The van der Waals surface area contributed by atoms with Crippen molar-refractivity contribution in [3.8, 4) is 0 Å². The maximum atomic E-state index is 12.3. The monoisotopic (exact) mass is 568 g/mol. The second kappa shape index (κ2) is 32.9. The molecule has 0 saturated carbocycles. The van der Waals surface area contributed by atoms with E-state index in [9.17, 15) is 15.0 Å². The summed E-state index contributed by atoms with van der Waals surface area (Å²) in [6.45, 7) is 4.35. The van der Waals surface area contributed by atoms with Crippen LogP contribution < -0.4 is 5.32 Å². The van der Waals surface area contributed by atoms with Crippen LogP contribution in [0.1, 0.15) is 206 Å². The van der Waals surface area contributed by atoms with Crippen molar-refractivity contribution in [3.63, 3.8) is 0 Å². The van der Waals surface area contributed by atoms with Crippen molar-refractivity contribution in [2.24, 2.45) is 0 Å². The van der Waals surface area contributed by atoms with Crippen LogP contribution in [-0.4, -0.2) is 34.9 Å². The van der Waals surface area contributed by atoms with E-state index >= 15 is 0 Å². The van der Waals surface area contributed by atoms with Crippen molar-refractivity contribution in [3.05, 3.63) is 0 Å². The predicted molar refractivity (Wildman–Crippen MR) is 175 cm³/mol. The van der Waals surface area contributed by atoms with Crippen LogP contribution >= 0.6 is 0 Å². The Bertz CT molecular complexity index is 498. The van der Waals surface area contributed by atoms with Crippen LogP contribution in [0.15, 0.2) is 0 Å². The number of hydrogen-bond donors (Lipinski definition) is 3. The van der Waals surface area contributed by atoms with Crippen LogP contribution in [0.3, 0.4) is 0 Å². The number of rotatable bonds is 33. The summed E-state index contributed by atoms with van der Waals surface area (Å²) in [6.07, 6.45) is 37.3. The summed E-state index contributed by atoms with van der Waals surface area (Å²) >= 11 is 0. The first kappa shape index (κ1) is 39.4. The van der Waals surface area contributed by atoms with Gasteiger partial charge >= 0.3 is 0 Å². The predicted octanol–water partition coefficient (Wildman–Crippen LogP) is 10.6. The van der Waals surface area contributed by atoms with Gasteiger partial charge in [-0.2, -0.15) is 0 Å². The quantitative estimate of drug-likeness (QED) is 0.0691. The summed E-state index contributed by atoms with van der Waals surface area (Å²) in [5.41, 5.74) is 0. The Labute approximate surface area is 251 Å². The van der Waals surface area contributed by atoms with Gasteiger partial charge in [-0.1, -0.05) is 187 Å². The third kappa shape index (κ3) is 28.9. The lowest BCUT2D eigenvalue weighted by Crippen LogP contribution is -2.45. The Morgan fingerprint density at radius 2 is 0.800 bits per heavy atom. The van der Waals surface area contributed by atoms with Gasteiger partial charge in [-0.25, -0.2) is 0 Å². The largest absolute Gasteiger partial charge is 0.394 e. The number of nitrogens with one attached hydrogen (secondary N) is 1. The molecule has 4 nitrogen and oxygen atoms in total. The van der Waals surface area contributed by atoms with Crippen molar-refractivity contribution in [1.29, 1.82) is 0 Å². The summed E-state index contributed by atoms with van der Waals surface area (Å²) < 4.78 is 0. The number of aliphatic hydroxyl groups excluding tert-OH is 2. The van der Waals surface area contributed by atoms with E-state index in [1.165, 1.54) is 154 Å². The molecule has 0 aromatic rings. The molecule has 0 bridgehead atoms. The minimum Gasteiger partial charge on any atom is -0.394 e. The number of aliphatic hydroxyl groups is 2. The van der Waals surface area contributed by atoms with Gasteiger partial charge in [0.05, 0.1) is 18.8 Å². The lowest BCUT2D eigenvalue weighted by atomic mass is 10.0. The molecular formula is C36H73NO3. The maximum absolute atomic E-state index is 12.3. The van der Waals surface area contributed by atoms with Gasteiger partial charge < -0.3 is 15.5 Å². The standard InChI is InChI=1S/C36H73NO3/c1-3-5-7-9-11-13-15-16-17-18-19-20-22-23-25-27-29-31-35(39)34(33-38)37-36(40)32-30-28-26-24-21-14-12-10-8-6-4-2/h34-35,38-39H,3-33H2,1-2H3,(H,37,40)/t34-,35+/m0/s1. The fraction of sp³-hybridized carbons (Fsp3) is 0.972. The number of carbonyl (C=O) groups excluding carboxylic acids is 1. The Hall–Kier alpha value is -0.610. The third-order valence-electron chi connectivity index (χ3n) is 8.62. The van der Waals surface area contributed by atoms with Gasteiger partial charge in [-0.05, 0) is 12.8 Å². The summed E-state index contributed by atoms with van der Waals surface area (Å²) in [4.78, 5) is 12.3. The second-order valence-electron chi connectivity index (χ2n) is 12.7. The Morgan fingerprint density at radius 3 is 1.12 bits per heavy atom. The van der Waals surface area contributed by atoms with E-state index in [4.69, 9.17) is 0 Å². The molecule has 2 atom stereocenters. The summed E-state index contributed by atoms with van der Waals surface area (Å²) in [7, 11) is 0. The highest BCUT2D eigenvalue weighted by Crippen LogP contribution is 2.16. The average molecular weight is 568 g/mol. The highest BCUT2D eigenvalue weighted by atomic mass is 16.3. The van der Waals surface area contributed by atoms with Crippen molar-refractivity contribution in [2.75, 3.05) is 6.61 Å². The van der Waals surface area contributed by atoms with E-state index in [2.05, 4.69) is 19.2 Å². The van der Waals surface area contributed by atoms with Gasteiger partial charge in [0.1, 0.15) is 0 Å². The molecule has 0 aromatic heterocycles.